The molecule has 0 bridgehead atoms. The number of benzene rings is 2. The quantitative estimate of drug-likeness (QED) is 0.0660. The van der Waals surface area contributed by atoms with Gasteiger partial charge in [0.05, 0.1) is 54.3 Å². The number of rotatable bonds is 16. The number of unbranched alkanes of at least 4 members (excludes halogenated alkanes) is 3. The van der Waals surface area contributed by atoms with Gasteiger partial charge in [-0.1, -0.05) is 36.6 Å². The number of aliphatic hydroxyl groups is 1. The molecule has 0 spiro atoms. The van der Waals surface area contributed by atoms with Crippen LogP contribution >= 0.6 is 11.6 Å². The highest BCUT2D eigenvalue weighted by molar-refractivity contribution is 6.33. The summed E-state index contributed by atoms with van der Waals surface area (Å²) in [5, 5.41) is 45.8. The maximum atomic E-state index is 13.7. The van der Waals surface area contributed by atoms with E-state index < -0.39 is 18.0 Å². The topological polar surface area (TPSA) is 211 Å². The van der Waals surface area contributed by atoms with Crippen molar-refractivity contribution in [2.45, 2.75) is 63.5 Å². The van der Waals surface area contributed by atoms with Crippen molar-refractivity contribution in [3.63, 3.8) is 0 Å². The monoisotopic (exact) mass is 778 g/mol. The van der Waals surface area contributed by atoms with Gasteiger partial charge in [-0.25, -0.2) is 14.6 Å². The van der Waals surface area contributed by atoms with E-state index in [0.717, 1.165) is 88.8 Å². The summed E-state index contributed by atoms with van der Waals surface area (Å²) in [6.45, 7) is 4.18. The number of likely N-dealkylation sites (tertiary alicyclic amines) is 1. The first kappa shape index (κ1) is 42.8. The Balaban J connectivity index is 0.000000757. The molecule has 1 aliphatic carbocycles. The van der Waals surface area contributed by atoms with Crippen molar-refractivity contribution in [2.24, 2.45) is 16.9 Å². The number of carboxylic acid groups (broad SMARTS) is 2. The number of fused-ring (bicyclic) bond motifs is 1. The summed E-state index contributed by atoms with van der Waals surface area (Å²) >= 11 is 6.10. The third kappa shape index (κ3) is 12.0. The molecule has 1 fully saturated rings. The second-order valence-electron chi connectivity index (χ2n) is 13.7. The molecule has 2 heterocycles. The lowest BCUT2D eigenvalue weighted by Gasteiger charge is -2.42. The Hall–Kier alpha value is -4.94. The van der Waals surface area contributed by atoms with E-state index >= 15 is 0 Å². The average molecular weight is 779 g/mol. The number of methoxy groups -OCH3 is 2. The lowest BCUT2D eigenvalue weighted by Crippen LogP contribution is -2.52. The molecular formula is C40H51ClN6O8. The number of carboxylic acids is 2. The molecule has 3 aliphatic rings. The summed E-state index contributed by atoms with van der Waals surface area (Å²) in [7, 11) is 3.27. The zero-order chi connectivity index (χ0) is 39.9. The Morgan fingerprint density at radius 1 is 1.02 bits per heavy atom. The SMILES string of the molecule is COc1ccc(C2=NN(C3CCN(CCCCCCNCC(O)c4cc(Cl)c(N)c(C#N)c4)CC3)C(=O)[C@@H]3CC=CC[C@H]23)cc1OC.O=C(O)/C=C/C(=O)O. The second-order valence-corrected chi connectivity index (χ2v) is 14.1. The number of amides is 1. The van der Waals surface area contributed by atoms with Crippen molar-refractivity contribution >= 4 is 40.8 Å². The van der Waals surface area contributed by atoms with Crippen LogP contribution in [0.2, 0.25) is 5.02 Å². The predicted molar refractivity (Wildman–Crippen MR) is 209 cm³/mol. The number of aliphatic hydroxyl groups excluding tert-OH is 1. The molecule has 0 radical (unpaired) electrons. The Bertz CT molecular complexity index is 1770. The Morgan fingerprint density at radius 3 is 2.31 bits per heavy atom. The fourth-order valence-electron chi connectivity index (χ4n) is 7.08. The molecule has 1 saturated heterocycles. The van der Waals surface area contributed by atoms with Crippen LogP contribution in [0.4, 0.5) is 5.69 Å². The number of carbonyl (C=O) groups excluding carboxylic acids is 1. The highest BCUT2D eigenvalue weighted by atomic mass is 35.5. The van der Waals surface area contributed by atoms with E-state index in [1.54, 1.807) is 26.4 Å². The molecule has 0 aromatic heterocycles. The minimum absolute atomic E-state index is 0.0719. The average Bonchev–Trinajstić information content (AvgIpc) is 3.19. The number of allylic oxidation sites excluding steroid dienone is 2. The zero-order valence-electron chi connectivity index (χ0n) is 31.3. The normalized spacial score (nSPS) is 19.1. The van der Waals surface area contributed by atoms with E-state index in [9.17, 15) is 24.8 Å². The number of halogens is 1. The number of hydrogen-bond donors (Lipinski definition) is 5. The number of nitrogen functional groups attached to an aromatic ring is 1. The number of anilines is 1. The summed E-state index contributed by atoms with van der Waals surface area (Å²) in [6, 6.07) is 11.3. The molecule has 1 amide bonds. The highest BCUT2D eigenvalue weighted by Gasteiger charge is 2.43. The molecule has 5 rings (SSSR count). The number of hydrazone groups is 1. The lowest BCUT2D eigenvalue weighted by atomic mass is 9.76. The first-order chi connectivity index (χ1) is 26.5. The number of carbonyl (C=O) groups is 3. The van der Waals surface area contributed by atoms with E-state index in [1.807, 2.05) is 29.3 Å². The number of nitrogens with two attached hydrogens (primary N) is 1. The van der Waals surface area contributed by atoms with Crippen molar-refractivity contribution in [1.82, 2.24) is 15.2 Å². The number of nitrogens with zero attached hydrogens (tertiary/aromatic N) is 4. The van der Waals surface area contributed by atoms with Gasteiger partial charge in [-0.3, -0.25) is 4.79 Å². The summed E-state index contributed by atoms with van der Waals surface area (Å²) in [4.78, 5) is 35.3. The number of piperidine rings is 1. The molecule has 2 aliphatic heterocycles. The van der Waals surface area contributed by atoms with Gasteiger partial charge in [-0.05, 0) is 87.5 Å². The van der Waals surface area contributed by atoms with Crippen LogP contribution in [0.25, 0.3) is 0 Å². The molecule has 0 saturated carbocycles. The molecule has 2 aromatic rings. The fraction of sp³-hybridized carbons (Fsp3) is 0.475. The van der Waals surface area contributed by atoms with E-state index in [1.165, 1.54) is 0 Å². The van der Waals surface area contributed by atoms with Gasteiger partial charge in [0.25, 0.3) is 0 Å². The van der Waals surface area contributed by atoms with E-state index in [-0.39, 0.29) is 40.1 Å². The largest absolute Gasteiger partial charge is 0.493 e. The van der Waals surface area contributed by atoms with Crippen molar-refractivity contribution in [1.29, 1.82) is 5.26 Å². The molecule has 296 valence electrons. The van der Waals surface area contributed by atoms with Gasteiger partial charge < -0.3 is 40.7 Å². The van der Waals surface area contributed by atoms with Gasteiger partial charge in [0.2, 0.25) is 5.91 Å². The second kappa shape index (κ2) is 21.2. The Labute approximate surface area is 326 Å². The van der Waals surface area contributed by atoms with Crippen LogP contribution in [-0.4, -0.2) is 102 Å². The smallest absolute Gasteiger partial charge is 0.328 e. The number of nitriles is 1. The molecule has 14 nitrogen and oxygen atoms in total. The first-order valence-electron chi connectivity index (χ1n) is 18.5. The zero-order valence-corrected chi connectivity index (χ0v) is 32.1. The van der Waals surface area contributed by atoms with E-state index in [0.29, 0.717) is 35.8 Å². The van der Waals surface area contributed by atoms with E-state index in [2.05, 4.69) is 22.4 Å². The summed E-state index contributed by atoms with van der Waals surface area (Å²) in [6.07, 6.45) is 12.5. The Kier molecular flexibility index (Phi) is 16.5. The number of aliphatic carboxylic acids is 2. The maximum absolute atomic E-state index is 13.7. The highest BCUT2D eigenvalue weighted by Crippen LogP contribution is 2.38. The molecular weight excluding hydrogens is 728 g/mol. The minimum Gasteiger partial charge on any atom is -0.493 e. The summed E-state index contributed by atoms with van der Waals surface area (Å²) in [5.74, 6) is -1.02. The van der Waals surface area contributed by atoms with Crippen LogP contribution in [0.1, 0.15) is 74.2 Å². The predicted octanol–water partition coefficient (Wildman–Crippen LogP) is 5.00. The van der Waals surface area contributed by atoms with Gasteiger partial charge in [-0.15, -0.1) is 0 Å². The fourth-order valence-corrected chi connectivity index (χ4v) is 7.30. The molecule has 55 heavy (non-hydrogen) atoms. The summed E-state index contributed by atoms with van der Waals surface area (Å²) in [5.41, 5.74) is 8.86. The van der Waals surface area contributed by atoms with Crippen LogP contribution in [-0.2, 0) is 14.4 Å². The van der Waals surface area contributed by atoms with Crippen molar-refractivity contribution in [3.8, 4) is 17.6 Å². The van der Waals surface area contributed by atoms with Crippen molar-refractivity contribution in [3.05, 3.63) is 76.3 Å². The third-order valence-corrected chi connectivity index (χ3v) is 10.4. The number of hydrogen-bond acceptors (Lipinski definition) is 11. The van der Waals surface area contributed by atoms with Crippen LogP contribution in [0.5, 0.6) is 11.5 Å². The Morgan fingerprint density at radius 2 is 1.67 bits per heavy atom. The van der Waals surface area contributed by atoms with Crippen LogP contribution in [0.15, 0.2) is 59.7 Å². The number of nitrogens with one attached hydrogen (secondary N) is 1. The molecule has 1 unspecified atom stereocenters. The minimum atomic E-state index is -1.26. The van der Waals surface area contributed by atoms with Crippen LogP contribution in [0, 0.1) is 23.2 Å². The van der Waals surface area contributed by atoms with Gasteiger partial charge in [0, 0.05) is 43.3 Å². The van der Waals surface area contributed by atoms with Gasteiger partial charge >= 0.3 is 11.9 Å². The van der Waals surface area contributed by atoms with Gasteiger partial charge in [0.15, 0.2) is 11.5 Å². The van der Waals surface area contributed by atoms with Crippen LogP contribution < -0.4 is 20.5 Å². The molecule has 2 aromatic carbocycles. The maximum Gasteiger partial charge on any atom is 0.328 e. The standard InChI is InChI=1S/C36H47ClN6O4.C4H4O4/c1-46-32-12-11-24(21-33(32)47-2)35-28-9-5-6-10-29(28)36(45)43(41-35)27-13-17-42(18-14-27)16-8-4-3-7-15-40-23-31(44)25-19-26(22-38)34(39)30(37)20-25;5-3(6)1-2-4(7)8/h5-6,11-12,19-21,27-29,31,40,44H,3-4,7-10,13-18,23,39H2,1-2H3;1-2H,(H,5,6)(H,7,8)/b;2-1+/t28-,29+,31?;/m0./s1. The number of ether oxygens (including phenoxy) is 2. The van der Waals surface area contributed by atoms with Crippen LogP contribution in [0.3, 0.4) is 0 Å². The molecule has 15 heteroatoms. The third-order valence-electron chi connectivity index (χ3n) is 10.1. The van der Waals surface area contributed by atoms with Gasteiger partial charge in [-0.2, -0.15) is 10.4 Å². The summed E-state index contributed by atoms with van der Waals surface area (Å²) < 4.78 is 11.0. The lowest BCUT2D eigenvalue weighted by molar-refractivity contribution is -0.141. The van der Waals surface area contributed by atoms with Gasteiger partial charge in [0.1, 0.15) is 6.07 Å². The van der Waals surface area contributed by atoms with Crippen molar-refractivity contribution in [2.75, 3.05) is 52.7 Å². The molecule has 6 N–H and O–H groups in total. The molecule has 3 atom stereocenters. The van der Waals surface area contributed by atoms with Crippen molar-refractivity contribution < 1.29 is 39.2 Å². The first-order valence-corrected chi connectivity index (χ1v) is 18.9. The van der Waals surface area contributed by atoms with E-state index in [4.69, 9.17) is 42.1 Å².